The largest absolute Gasteiger partial charge is 0.497 e. The molecule has 0 aliphatic carbocycles. The lowest BCUT2D eigenvalue weighted by Crippen LogP contribution is -2.62. The van der Waals surface area contributed by atoms with E-state index in [-0.39, 0.29) is 16.9 Å². The zero-order valence-electron chi connectivity index (χ0n) is 26.0. The van der Waals surface area contributed by atoms with E-state index >= 15 is 0 Å². The fraction of sp³-hybridized carbons (Fsp3) is 0.324. The number of ketones is 1. The Kier molecular flexibility index (Phi) is 12.2. The molecule has 0 radical (unpaired) electrons. The highest BCUT2D eigenvalue weighted by Gasteiger charge is 2.60. The summed E-state index contributed by atoms with van der Waals surface area (Å²) in [5, 5.41) is 0. The normalized spacial score (nSPS) is 12.1. The highest BCUT2D eigenvalue weighted by atomic mass is 32.2. The molecule has 4 aromatic carbocycles. The van der Waals surface area contributed by atoms with Crippen LogP contribution in [0.15, 0.2) is 115 Å². The molecule has 0 aliphatic rings. The molecule has 3 nitrogen and oxygen atoms in total. The second-order valence-electron chi connectivity index (χ2n) is 11.5. The van der Waals surface area contributed by atoms with Gasteiger partial charge in [0.1, 0.15) is 5.75 Å². The molecule has 6 heteroatoms. The summed E-state index contributed by atoms with van der Waals surface area (Å²) >= 11 is 3.86. The maximum atomic E-state index is 14.2. The molecule has 43 heavy (non-hydrogen) atoms. The Bertz CT molecular complexity index is 1340. The third-order valence-electron chi connectivity index (χ3n) is 8.07. The zero-order valence-corrected chi connectivity index (χ0v) is 28.6. The van der Waals surface area contributed by atoms with Crippen molar-refractivity contribution in [2.75, 3.05) is 7.11 Å². The Labute approximate surface area is 267 Å². The molecular weight excluding hydrogens is 585 g/mol. The first kappa shape index (κ1) is 33.1. The van der Waals surface area contributed by atoms with Crippen molar-refractivity contribution in [2.45, 2.75) is 67.0 Å². The molecule has 0 bridgehead atoms. The minimum absolute atomic E-state index is 0.174. The fourth-order valence-corrected chi connectivity index (χ4v) is 18.5. The van der Waals surface area contributed by atoms with Gasteiger partial charge in [0.25, 0.3) is 0 Å². The van der Waals surface area contributed by atoms with Crippen molar-refractivity contribution in [1.29, 1.82) is 0 Å². The van der Waals surface area contributed by atoms with Gasteiger partial charge in [0, 0.05) is 23.5 Å². The van der Waals surface area contributed by atoms with Crippen LogP contribution in [0.3, 0.4) is 0 Å². The van der Waals surface area contributed by atoms with Gasteiger partial charge in [-0.05, 0) is 39.9 Å². The molecule has 0 amide bonds. The van der Waals surface area contributed by atoms with E-state index in [0.717, 1.165) is 28.4 Å². The first-order valence-electron chi connectivity index (χ1n) is 15.0. The van der Waals surface area contributed by atoms with Crippen molar-refractivity contribution in [3.8, 4) is 5.75 Å². The Morgan fingerprint density at radius 1 is 0.674 bits per heavy atom. The first-order valence-corrected chi connectivity index (χ1v) is 19.0. The highest BCUT2D eigenvalue weighted by molar-refractivity contribution is 8.20. The summed E-state index contributed by atoms with van der Waals surface area (Å²) in [4.78, 5) is 14.2. The van der Waals surface area contributed by atoms with Crippen LogP contribution < -0.4 is 4.74 Å². The van der Waals surface area contributed by atoms with Crippen LogP contribution in [0.1, 0.15) is 61.2 Å². The molecule has 0 unspecified atom stereocenters. The molecule has 0 saturated carbocycles. The van der Waals surface area contributed by atoms with Gasteiger partial charge in [0.05, 0.1) is 17.4 Å². The molecule has 0 aliphatic heterocycles. The molecule has 0 N–H and O–H groups in total. The van der Waals surface area contributed by atoms with Crippen LogP contribution in [-0.2, 0) is 22.5 Å². The number of Topliss-reactive ketones (excluding diaryl/α,β-unsaturated/α-hetero) is 1. The van der Waals surface area contributed by atoms with Crippen LogP contribution in [0.2, 0.25) is 11.1 Å². The lowest BCUT2D eigenvalue weighted by atomic mass is 10.1. The maximum absolute atomic E-state index is 14.2. The third kappa shape index (κ3) is 8.24. The Hall–Kier alpha value is -2.77. The molecule has 0 fully saturated rings. The second kappa shape index (κ2) is 15.8. The number of thioether (sulfide) groups is 2. The number of carbonyl (C=O) groups is 1. The average molecular weight is 629 g/mol. The van der Waals surface area contributed by atoms with Gasteiger partial charge >= 0.3 is 0 Å². The van der Waals surface area contributed by atoms with Gasteiger partial charge < -0.3 is 9.16 Å². The zero-order chi connectivity index (χ0) is 30.7. The second-order valence-corrected chi connectivity index (χ2v) is 20.1. The standard InChI is InChI=1S/C37H44O3S2Si/c1-29(2)43(30(3)4,40-26-31-21-23-35(39-5)24-22-31)37(41-27-32-15-9-6-10-16-32,42-28-33-17-11-7-12-18-33)25-36(38)34-19-13-8-14-20-34/h6-24,29-30H,25-28H2,1-5H3. The van der Waals surface area contributed by atoms with Crippen molar-refractivity contribution in [2.24, 2.45) is 0 Å². The van der Waals surface area contributed by atoms with Crippen molar-refractivity contribution >= 4 is 37.6 Å². The summed E-state index contributed by atoms with van der Waals surface area (Å²) in [7, 11) is -1.08. The van der Waals surface area contributed by atoms with Gasteiger partial charge in [0.15, 0.2) is 5.78 Å². The predicted molar refractivity (Wildman–Crippen MR) is 187 cm³/mol. The van der Waals surface area contributed by atoms with Gasteiger partial charge in [0.2, 0.25) is 8.32 Å². The summed E-state index contributed by atoms with van der Waals surface area (Å²) in [6.07, 6.45) is 0.414. The molecule has 0 saturated heterocycles. The van der Waals surface area contributed by atoms with E-state index in [4.69, 9.17) is 9.16 Å². The van der Waals surface area contributed by atoms with Gasteiger partial charge in [-0.3, -0.25) is 4.79 Å². The average Bonchev–Trinajstić information content (AvgIpc) is 3.04. The van der Waals surface area contributed by atoms with Crippen molar-refractivity contribution in [1.82, 2.24) is 0 Å². The number of methoxy groups -OCH3 is 1. The molecule has 226 valence electrons. The SMILES string of the molecule is COc1ccc(CO[Si](C(C)C)(C(C)C)C(CC(=O)c2ccccc2)(SCc2ccccc2)SCc2ccccc2)cc1. The summed E-state index contributed by atoms with van der Waals surface area (Å²) in [6, 6.07) is 39.2. The lowest BCUT2D eigenvalue weighted by molar-refractivity contribution is 0.0980. The molecule has 0 spiro atoms. The van der Waals surface area contributed by atoms with Gasteiger partial charge in [-0.15, -0.1) is 23.5 Å². The number of benzene rings is 4. The predicted octanol–water partition coefficient (Wildman–Crippen LogP) is 10.4. The summed E-state index contributed by atoms with van der Waals surface area (Å²) < 4.78 is 12.3. The lowest BCUT2D eigenvalue weighted by Gasteiger charge is -2.52. The Morgan fingerprint density at radius 3 is 1.58 bits per heavy atom. The quantitative estimate of drug-likeness (QED) is 0.0701. The number of rotatable bonds is 16. The summed E-state index contributed by atoms with van der Waals surface area (Å²) in [5.74, 6) is 2.63. The van der Waals surface area contributed by atoms with Crippen molar-refractivity contribution in [3.63, 3.8) is 0 Å². The molecule has 0 atom stereocenters. The van der Waals surface area contributed by atoms with E-state index in [1.807, 2.05) is 66.0 Å². The van der Waals surface area contributed by atoms with Gasteiger partial charge in [-0.25, -0.2) is 0 Å². The number of carbonyl (C=O) groups excluding carboxylic acids is 1. The maximum Gasteiger partial charge on any atom is 0.224 e. The van der Waals surface area contributed by atoms with E-state index < -0.39 is 12.0 Å². The molecule has 4 rings (SSSR count). The van der Waals surface area contributed by atoms with Crippen LogP contribution in [-0.4, -0.2) is 24.9 Å². The highest BCUT2D eigenvalue weighted by Crippen LogP contribution is 2.58. The van der Waals surface area contributed by atoms with E-state index in [1.165, 1.54) is 11.1 Å². The monoisotopic (exact) mass is 628 g/mol. The van der Waals surface area contributed by atoms with Gasteiger partial charge in [-0.2, -0.15) is 0 Å². The van der Waals surface area contributed by atoms with E-state index in [9.17, 15) is 4.79 Å². The minimum Gasteiger partial charge on any atom is -0.497 e. The number of ether oxygens (including phenoxy) is 1. The molecular formula is C37H44O3S2Si. The summed E-state index contributed by atoms with van der Waals surface area (Å²) in [6.45, 7) is 9.76. The minimum atomic E-state index is -2.76. The molecule has 4 aromatic rings. The van der Waals surface area contributed by atoms with Gasteiger partial charge in [-0.1, -0.05) is 131 Å². The van der Waals surface area contributed by atoms with Crippen LogP contribution in [0, 0.1) is 0 Å². The van der Waals surface area contributed by atoms with E-state index in [0.29, 0.717) is 13.0 Å². The van der Waals surface area contributed by atoms with Crippen LogP contribution in [0.25, 0.3) is 0 Å². The first-order chi connectivity index (χ1) is 20.8. The van der Waals surface area contributed by atoms with Crippen LogP contribution in [0.4, 0.5) is 0 Å². The Balaban J connectivity index is 1.83. The van der Waals surface area contributed by atoms with Crippen LogP contribution >= 0.6 is 23.5 Å². The van der Waals surface area contributed by atoms with Crippen molar-refractivity contribution < 1.29 is 14.0 Å². The topological polar surface area (TPSA) is 35.5 Å². The summed E-state index contributed by atoms with van der Waals surface area (Å²) in [5.41, 5.74) is 4.92. The van der Waals surface area contributed by atoms with E-state index in [1.54, 1.807) is 7.11 Å². The third-order valence-corrected chi connectivity index (χ3v) is 19.2. The van der Waals surface area contributed by atoms with Crippen LogP contribution in [0.5, 0.6) is 5.75 Å². The fourth-order valence-electron chi connectivity index (χ4n) is 5.91. The molecule has 0 heterocycles. The Morgan fingerprint density at radius 2 is 1.14 bits per heavy atom. The number of hydrogen-bond acceptors (Lipinski definition) is 5. The number of hydrogen-bond donors (Lipinski definition) is 0. The van der Waals surface area contributed by atoms with E-state index in [2.05, 4.69) is 100 Å². The molecule has 0 aromatic heterocycles. The smallest absolute Gasteiger partial charge is 0.224 e. The van der Waals surface area contributed by atoms with Crippen molar-refractivity contribution in [3.05, 3.63) is 138 Å².